The van der Waals surface area contributed by atoms with Crippen molar-refractivity contribution >= 4 is 34.2 Å². The Bertz CT molecular complexity index is 974. The maximum atomic E-state index is 12.1. The molecule has 0 unspecified atom stereocenters. The molecule has 7 nitrogen and oxygen atoms in total. The lowest BCUT2D eigenvalue weighted by Crippen LogP contribution is -2.28. The number of H-pyrrole nitrogens is 1. The normalized spacial score (nSPS) is 12.0. The lowest BCUT2D eigenvalue weighted by Gasteiger charge is -2.15. The van der Waals surface area contributed by atoms with Crippen molar-refractivity contribution in [2.45, 2.75) is 32.4 Å². The maximum absolute atomic E-state index is 12.1. The van der Waals surface area contributed by atoms with Crippen LogP contribution >= 0.6 is 11.3 Å². The van der Waals surface area contributed by atoms with Gasteiger partial charge in [-0.15, -0.1) is 11.3 Å². The van der Waals surface area contributed by atoms with Gasteiger partial charge in [-0.1, -0.05) is 18.2 Å². The standard InChI is InChI=1S/C19H21N3O4S/c1-13(23)20-15(17-8-4-11-27-17)12-18(24)26-10-5-9-22-16-7-3-2-6-14(16)21-19(22)25/h2-4,6-8,11,15H,5,9-10,12H2,1H3,(H,20,23)(H,21,25)/t15-/m0/s1. The molecule has 0 saturated heterocycles. The zero-order chi connectivity index (χ0) is 19.2. The second-order valence-electron chi connectivity index (χ2n) is 6.15. The average molecular weight is 387 g/mol. The molecule has 1 atom stereocenters. The molecular weight excluding hydrogens is 366 g/mol. The topological polar surface area (TPSA) is 93.2 Å². The van der Waals surface area contributed by atoms with Crippen LogP contribution in [0.4, 0.5) is 0 Å². The van der Waals surface area contributed by atoms with Crippen LogP contribution in [-0.2, 0) is 20.9 Å². The number of ether oxygens (including phenoxy) is 1. The molecule has 2 heterocycles. The molecule has 0 spiro atoms. The van der Waals surface area contributed by atoms with Crippen LogP contribution in [0.1, 0.15) is 30.7 Å². The van der Waals surface area contributed by atoms with Gasteiger partial charge in [-0.25, -0.2) is 4.79 Å². The van der Waals surface area contributed by atoms with Crippen LogP contribution < -0.4 is 11.0 Å². The number of hydrogen-bond acceptors (Lipinski definition) is 5. The summed E-state index contributed by atoms with van der Waals surface area (Å²) >= 11 is 1.48. The lowest BCUT2D eigenvalue weighted by atomic mass is 10.1. The molecule has 3 rings (SSSR count). The third kappa shape index (κ3) is 4.85. The van der Waals surface area contributed by atoms with Crippen LogP contribution in [0, 0.1) is 0 Å². The highest BCUT2D eigenvalue weighted by Crippen LogP contribution is 2.22. The van der Waals surface area contributed by atoms with Crippen LogP contribution in [0.2, 0.25) is 0 Å². The van der Waals surface area contributed by atoms with Gasteiger partial charge in [0.1, 0.15) is 0 Å². The molecule has 8 heteroatoms. The molecule has 0 aliphatic rings. The van der Waals surface area contributed by atoms with Crippen LogP contribution in [0.25, 0.3) is 11.0 Å². The third-order valence-corrected chi connectivity index (χ3v) is 5.09. The number of aryl methyl sites for hydroxylation is 1. The number of carbonyl (C=O) groups is 2. The van der Waals surface area contributed by atoms with Gasteiger partial charge in [-0.3, -0.25) is 14.2 Å². The quantitative estimate of drug-likeness (QED) is 0.459. The van der Waals surface area contributed by atoms with Gasteiger partial charge in [0.2, 0.25) is 5.91 Å². The van der Waals surface area contributed by atoms with Gasteiger partial charge in [0, 0.05) is 18.3 Å². The number of amides is 1. The summed E-state index contributed by atoms with van der Waals surface area (Å²) in [6, 6.07) is 10.8. The van der Waals surface area contributed by atoms with Crippen molar-refractivity contribution in [3.63, 3.8) is 0 Å². The third-order valence-electron chi connectivity index (χ3n) is 4.11. The molecule has 27 heavy (non-hydrogen) atoms. The lowest BCUT2D eigenvalue weighted by molar-refractivity contribution is -0.144. The number of esters is 1. The Morgan fingerprint density at radius 2 is 2.07 bits per heavy atom. The molecule has 2 aromatic heterocycles. The Morgan fingerprint density at radius 1 is 1.26 bits per heavy atom. The first kappa shape index (κ1) is 18.9. The zero-order valence-corrected chi connectivity index (χ0v) is 15.8. The number of imidazole rings is 1. The van der Waals surface area contributed by atoms with Gasteiger partial charge in [-0.05, 0) is 30.0 Å². The van der Waals surface area contributed by atoms with Crippen LogP contribution in [0.5, 0.6) is 0 Å². The van der Waals surface area contributed by atoms with Gasteiger partial charge >= 0.3 is 11.7 Å². The summed E-state index contributed by atoms with van der Waals surface area (Å²) in [5.74, 6) is -0.576. The van der Waals surface area contributed by atoms with E-state index >= 15 is 0 Å². The van der Waals surface area contributed by atoms with Gasteiger partial charge in [0.25, 0.3) is 0 Å². The smallest absolute Gasteiger partial charge is 0.326 e. The molecule has 0 saturated carbocycles. The molecule has 0 aliphatic heterocycles. The summed E-state index contributed by atoms with van der Waals surface area (Å²) in [6.45, 7) is 2.09. The number of benzene rings is 1. The minimum Gasteiger partial charge on any atom is -0.466 e. The Balaban J connectivity index is 1.51. The summed E-state index contributed by atoms with van der Waals surface area (Å²) in [5.41, 5.74) is 1.44. The van der Waals surface area contributed by atoms with E-state index in [0.29, 0.717) is 13.0 Å². The molecule has 0 bridgehead atoms. The maximum Gasteiger partial charge on any atom is 0.326 e. The van der Waals surface area contributed by atoms with Crippen molar-refractivity contribution in [1.29, 1.82) is 0 Å². The van der Waals surface area contributed by atoms with E-state index in [4.69, 9.17) is 4.74 Å². The van der Waals surface area contributed by atoms with E-state index in [1.807, 2.05) is 41.8 Å². The van der Waals surface area contributed by atoms with Crippen molar-refractivity contribution in [3.05, 3.63) is 57.1 Å². The Labute approximate surface area is 160 Å². The first-order valence-electron chi connectivity index (χ1n) is 8.68. The van der Waals surface area contributed by atoms with Crippen molar-refractivity contribution in [1.82, 2.24) is 14.9 Å². The first-order chi connectivity index (χ1) is 13.0. The number of aromatic amines is 1. The van der Waals surface area contributed by atoms with Crippen molar-refractivity contribution in [2.75, 3.05) is 6.61 Å². The van der Waals surface area contributed by atoms with E-state index in [-0.39, 0.29) is 36.6 Å². The average Bonchev–Trinajstić information content (AvgIpc) is 3.26. The highest BCUT2D eigenvalue weighted by atomic mass is 32.1. The minimum absolute atomic E-state index is 0.0765. The second-order valence-corrected chi connectivity index (χ2v) is 7.12. The van der Waals surface area contributed by atoms with Gasteiger partial charge in [-0.2, -0.15) is 0 Å². The molecule has 142 valence electrons. The summed E-state index contributed by atoms with van der Waals surface area (Å²) in [5, 5.41) is 4.67. The number of nitrogens with one attached hydrogen (secondary N) is 2. The fourth-order valence-corrected chi connectivity index (χ4v) is 3.70. The number of thiophene rings is 1. The number of nitrogens with zero attached hydrogens (tertiary/aromatic N) is 1. The molecule has 3 aromatic rings. The monoisotopic (exact) mass is 387 g/mol. The van der Waals surface area contributed by atoms with E-state index in [2.05, 4.69) is 10.3 Å². The second kappa shape index (κ2) is 8.68. The summed E-state index contributed by atoms with van der Waals surface area (Å²) < 4.78 is 6.93. The van der Waals surface area contributed by atoms with Crippen molar-refractivity contribution in [3.8, 4) is 0 Å². The predicted octanol–water partition coefficient (Wildman–Crippen LogP) is 2.59. The molecule has 0 radical (unpaired) electrons. The Morgan fingerprint density at radius 3 is 2.81 bits per heavy atom. The van der Waals surface area contributed by atoms with Gasteiger partial charge < -0.3 is 15.0 Å². The van der Waals surface area contributed by atoms with Crippen LogP contribution in [0.3, 0.4) is 0 Å². The van der Waals surface area contributed by atoms with Crippen LogP contribution in [0.15, 0.2) is 46.6 Å². The summed E-state index contributed by atoms with van der Waals surface area (Å²) in [7, 11) is 0. The molecule has 0 fully saturated rings. The van der Waals surface area contributed by atoms with Gasteiger partial charge in [0.05, 0.1) is 30.1 Å². The fraction of sp³-hybridized carbons (Fsp3) is 0.316. The van der Waals surface area contributed by atoms with Crippen molar-refractivity contribution < 1.29 is 14.3 Å². The van der Waals surface area contributed by atoms with E-state index in [1.54, 1.807) is 4.57 Å². The number of carbonyl (C=O) groups excluding carboxylic acids is 2. The van der Waals surface area contributed by atoms with Gasteiger partial charge in [0.15, 0.2) is 0 Å². The molecule has 0 aliphatic carbocycles. The number of aromatic nitrogens is 2. The number of para-hydroxylation sites is 2. The molecular formula is C19H21N3O4S. The van der Waals surface area contributed by atoms with E-state index in [0.717, 1.165) is 15.9 Å². The highest BCUT2D eigenvalue weighted by Gasteiger charge is 2.19. The predicted molar refractivity (Wildman–Crippen MR) is 104 cm³/mol. The SMILES string of the molecule is CC(=O)N[C@@H](CC(=O)OCCCn1c(=O)[nH]c2ccccc21)c1cccs1. The Hall–Kier alpha value is -2.87. The first-order valence-corrected chi connectivity index (χ1v) is 9.56. The fourth-order valence-electron chi connectivity index (χ4n) is 2.92. The highest BCUT2D eigenvalue weighted by molar-refractivity contribution is 7.10. The summed E-state index contributed by atoms with van der Waals surface area (Å²) in [4.78, 5) is 39.2. The van der Waals surface area contributed by atoms with E-state index < -0.39 is 0 Å². The largest absolute Gasteiger partial charge is 0.466 e. The summed E-state index contributed by atoms with van der Waals surface area (Å²) in [6.07, 6.45) is 0.602. The van der Waals surface area contributed by atoms with Crippen LogP contribution in [-0.4, -0.2) is 28.0 Å². The Kier molecular flexibility index (Phi) is 6.08. The zero-order valence-electron chi connectivity index (χ0n) is 14.9. The number of hydrogen-bond donors (Lipinski definition) is 2. The number of rotatable bonds is 8. The molecule has 1 amide bonds. The van der Waals surface area contributed by atoms with E-state index in [9.17, 15) is 14.4 Å². The number of fused-ring (bicyclic) bond motifs is 1. The molecule has 1 aromatic carbocycles. The molecule has 2 N–H and O–H groups in total. The van der Waals surface area contributed by atoms with Crippen molar-refractivity contribution in [2.24, 2.45) is 0 Å². The minimum atomic E-state index is -0.383. The van der Waals surface area contributed by atoms with E-state index in [1.165, 1.54) is 18.3 Å².